The van der Waals surface area contributed by atoms with Crippen molar-refractivity contribution in [2.45, 2.75) is 32.3 Å². The van der Waals surface area contributed by atoms with Crippen LogP contribution in [0, 0.1) is 45.3 Å². The first-order valence-corrected chi connectivity index (χ1v) is 21.4. The van der Waals surface area contributed by atoms with E-state index in [1.165, 1.54) is 45.3 Å². The first-order valence-electron chi connectivity index (χ1n) is 18.2. The zero-order valence-electron chi connectivity index (χ0n) is 30.3. The van der Waals surface area contributed by atoms with Crippen LogP contribution in [-0.2, 0) is 20.9 Å². The second-order valence-corrected chi connectivity index (χ2v) is 17.8. The van der Waals surface area contributed by atoms with Gasteiger partial charge in [0.25, 0.3) is 0 Å². The summed E-state index contributed by atoms with van der Waals surface area (Å²) in [5, 5.41) is 40.2. The fourth-order valence-corrected chi connectivity index (χ4v) is 12.9. The number of carbonyl (C=O) groups excluding carboxylic acids is 3. The molecule has 1 aromatic carbocycles. The summed E-state index contributed by atoms with van der Waals surface area (Å²) >= 11 is 5.55. The molecule has 11 nitrogen and oxygen atoms in total. The van der Waals surface area contributed by atoms with Crippen LogP contribution in [-0.4, -0.2) is 33.7 Å². The van der Waals surface area contributed by atoms with Crippen molar-refractivity contribution in [3.05, 3.63) is 117 Å². The van der Waals surface area contributed by atoms with E-state index in [1.807, 2.05) is 91.0 Å². The topological polar surface area (TPSA) is 185 Å². The van der Waals surface area contributed by atoms with Crippen LogP contribution in [0.5, 0.6) is 0 Å². The normalized spacial score (nSPS) is 17.4. The van der Waals surface area contributed by atoms with Crippen molar-refractivity contribution < 1.29 is 19.1 Å². The molecule has 0 atom stereocenters. The lowest BCUT2D eigenvalue weighted by atomic mass is 9.96. The number of hydrogen-bond acceptors (Lipinski definition) is 14. The number of aromatic nitrogens is 1. The predicted octanol–water partition coefficient (Wildman–Crippen LogP) is 10.8. The highest BCUT2D eigenvalue weighted by Gasteiger charge is 2.39. The van der Waals surface area contributed by atoms with Crippen LogP contribution in [0.15, 0.2) is 121 Å². The molecule has 2 fully saturated rings. The van der Waals surface area contributed by atoms with Crippen molar-refractivity contribution in [3.8, 4) is 24.3 Å². The third-order valence-electron chi connectivity index (χ3n) is 10.3. The molecule has 4 aliphatic rings. The van der Waals surface area contributed by atoms with Gasteiger partial charge in [-0.3, -0.25) is 9.59 Å². The smallest absolute Gasteiger partial charge is 0.419 e. The molecule has 0 saturated heterocycles. The van der Waals surface area contributed by atoms with E-state index < -0.39 is 6.09 Å². The van der Waals surface area contributed by atoms with E-state index in [9.17, 15) is 35.4 Å². The molecule has 0 amide bonds. The number of rotatable bonds is 4. The highest BCUT2D eigenvalue weighted by Crippen LogP contribution is 2.53. The second kappa shape index (κ2) is 14.1. The largest absolute Gasteiger partial charge is 0.444 e. The molecule has 4 aliphatic carbocycles. The number of ketones is 2. The first-order chi connectivity index (χ1) is 28.8. The Kier molecular flexibility index (Phi) is 8.64. The number of allylic oxidation sites excluding steroid dienone is 12. The zero-order valence-corrected chi connectivity index (χ0v) is 33.5. The summed E-state index contributed by atoms with van der Waals surface area (Å²) in [5.41, 5.74) is 4.29. The SMILES string of the molecule is N#CC(C#N)=C1C2=CCCC=C2C(=O)C1=Nc1cc2sc3c4sc5cc(N=C6C(=O)C7=CCCC=C7C6=C(C#N)C#N)sc5c4n(C(=O)OCc4ccccc4)c3c2s1. The molecule has 10 rings (SSSR count). The van der Waals surface area contributed by atoms with Crippen molar-refractivity contribution in [1.82, 2.24) is 4.57 Å². The van der Waals surface area contributed by atoms with Crippen molar-refractivity contribution in [1.29, 1.82) is 21.0 Å². The maximum absolute atomic E-state index is 14.4. The van der Waals surface area contributed by atoms with Gasteiger partial charge < -0.3 is 4.74 Å². The molecule has 2 saturated carbocycles. The number of fused-ring (bicyclic) bond motifs is 9. The van der Waals surface area contributed by atoms with Gasteiger partial charge in [0.05, 0.1) is 39.2 Å². The summed E-state index contributed by atoms with van der Waals surface area (Å²) < 4.78 is 12.4. The zero-order chi connectivity index (χ0) is 40.5. The molecule has 15 heteroatoms. The average molecular weight is 840 g/mol. The average Bonchev–Trinajstić information content (AvgIpc) is 4.12. The van der Waals surface area contributed by atoms with E-state index in [4.69, 9.17) is 14.7 Å². The Morgan fingerprint density at radius 1 is 0.627 bits per heavy atom. The Morgan fingerprint density at radius 2 is 1.07 bits per heavy atom. The van der Waals surface area contributed by atoms with Gasteiger partial charge >= 0.3 is 6.09 Å². The van der Waals surface area contributed by atoms with Gasteiger partial charge in [0.2, 0.25) is 11.6 Å². The molecule has 280 valence electrons. The molecule has 5 aromatic heterocycles. The van der Waals surface area contributed by atoms with Crippen LogP contribution in [0.3, 0.4) is 0 Å². The maximum Gasteiger partial charge on any atom is 0.419 e. The molecule has 0 radical (unpaired) electrons. The summed E-state index contributed by atoms with van der Waals surface area (Å²) in [5.74, 6) is -0.677. The lowest BCUT2D eigenvalue weighted by Crippen LogP contribution is -2.13. The van der Waals surface area contributed by atoms with Gasteiger partial charge in [0.15, 0.2) is 0 Å². The number of hydrogen-bond donors (Lipinski definition) is 0. The van der Waals surface area contributed by atoms with E-state index >= 15 is 0 Å². The molecule has 5 heterocycles. The van der Waals surface area contributed by atoms with Crippen molar-refractivity contribution in [2.75, 3.05) is 0 Å². The lowest BCUT2D eigenvalue weighted by Gasteiger charge is -2.07. The minimum absolute atomic E-state index is 0.0280. The number of carbonyl (C=O) groups is 3. The van der Waals surface area contributed by atoms with Crippen molar-refractivity contribution in [3.63, 3.8) is 0 Å². The first kappa shape index (κ1) is 36.2. The van der Waals surface area contributed by atoms with E-state index in [0.29, 0.717) is 69.0 Å². The summed E-state index contributed by atoms with van der Waals surface area (Å²) in [6, 6.07) is 20.8. The van der Waals surface area contributed by atoms with Gasteiger partial charge in [0.1, 0.15) is 63.5 Å². The third kappa shape index (κ3) is 5.56. The number of Topliss-reactive ketones (excluding diaryl/α,β-unsaturated/α-hetero) is 2. The second-order valence-electron chi connectivity index (χ2n) is 13.6. The Balaban J connectivity index is 1.15. The molecule has 0 N–H and O–H groups in total. The monoisotopic (exact) mass is 839 g/mol. The number of nitrogens with zero attached hydrogens (tertiary/aromatic N) is 7. The standard InChI is InChI=1S/C44H21N7O4S4/c45-16-22(17-46)32-24-10-4-6-12-26(24)38(52)34(32)49-30-14-28-40(58-30)36-42(56-28)43-37(51(36)44(54)55-20-21-8-2-1-3-9-21)41-29(57-43)15-31(59-41)50-35-33(23(18-47)19-48)25-11-5-7-13-27(25)39(35)53/h1-3,8-15H,4-7,20H2. The molecule has 0 spiro atoms. The summed E-state index contributed by atoms with van der Waals surface area (Å²) in [6.45, 7) is 0.0280. The van der Waals surface area contributed by atoms with Gasteiger partial charge in [-0.25, -0.2) is 19.3 Å². The summed E-state index contributed by atoms with van der Waals surface area (Å²) in [4.78, 5) is 51.2. The number of thiophene rings is 4. The molecule has 0 bridgehead atoms. The molecule has 0 aliphatic heterocycles. The van der Waals surface area contributed by atoms with E-state index in [0.717, 1.165) is 33.8 Å². The Hall–Kier alpha value is -7.11. The molecule has 0 unspecified atom stereocenters. The Labute approximate surface area is 349 Å². The number of ether oxygens (including phenoxy) is 1. The Bertz CT molecular complexity index is 3200. The minimum atomic E-state index is -0.602. The van der Waals surface area contributed by atoms with E-state index in [-0.39, 0.29) is 51.9 Å². The van der Waals surface area contributed by atoms with Gasteiger partial charge in [0, 0.05) is 22.3 Å². The quantitative estimate of drug-likeness (QED) is 0.157. The molecular weight excluding hydrogens is 819 g/mol. The lowest BCUT2D eigenvalue weighted by molar-refractivity contribution is -0.110. The summed E-state index contributed by atoms with van der Waals surface area (Å²) in [6.07, 6.45) is 9.49. The van der Waals surface area contributed by atoms with E-state index in [2.05, 4.69) is 0 Å². The van der Waals surface area contributed by atoms with Crippen LogP contribution >= 0.6 is 45.3 Å². The van der Waals surface area contributed by atoms with Gasteiger partial charge in [-0.2, -0.15) is 21.0 Å². The molecule has 6 aromatic rings. The van der Waals surface area contributed by atoms with Crippen LogP contribution in [0.25, 0.3) is 39.2 Å². The number of benzene rings is 1. The maximum atomic E-state index is 14.4. The van der Waals surface area contributed by atoms with Crippen LogP contribution < -0.4 is 0 Å². The third-order valence-corrected chi connectivity index (χ3v) is 15.1. The van der Waals surface area contributed by atoms with Gasteiger partial charge in [-0.15, -0.1) is 45.3 Å². The molecule has 59 heavy (non-hydrogen) atoms. The highest BCUT2D eigenvalue weighted by molar-refractivity contribution is 7.39. The fourth-order valence-electron chi connectivity index (χ4n) is 7.84. The summed E-state index contributed by atoms with van der Waals surface area (Å²) in [7, 11) is 0. The van der Waals surface area contributed by atoms with E-state index in [1.54, 1.807) is 4.57 Å². The Morgan fingerprint density at radius 3 is 1.51 bits per heavy atom. The molecular formula is C44H21N7O4S4. The fraction of sp³-hybridized carbons (Fsp3) is 0.114. The number of aliphatic imine (C=N–C) groups is 2. The van der Waals surface area contributed by atoms with Crippen LogP contribution in [0.1, 0.15) is 31.2 Å². The number of nitriles is 4. The van der Waals surface area contributed by atoms with Gasteiger partial charge in [-0.1, -0.05) is 54.6 Å². The highest BCUT2D eigenvalue weighted by atomic mass is 32.1. The predicted molar refractivity (Wildman–Crippen MR) is 229 cm³/mol. The van der Waals surface area contributed by atoms with Crippen LogP contribution in [0.2, 0.25) is 0 Å². The minimum Gasteiger partial charge on any atom is -0.444 e. The van der Waals surface area contributed by atoms with Crippen molar-refractivity contribution in [2.24, 2.45) is 9.98 Å². The van der Waals surface area contributed by atoms with Crippen molar-refractivity contribution >= 4 is 124 Å². The van der Waals surface area contributed by atoms with Gasteiger partial charge in [-0.05, 0) is 54.5 Å². The van der Waals surface area contributed by atoms with Crippen LogP contribution in [0.4, 0.5) is 14.8 Å².